The molecule has 3 aromatic rings. The van der Waals surface area contributed by atoms with Crippen LogP contribution in [0.4, 0.5) is 20.7 Å². The Morgan fingerprint density at radius 3 is 2.36 bits per heavy atom. The lowest BCUT2D eigenvalue weighted by molar-refractivity contribution is 0.122. The van der Waals surface area contributed by atoms with Crippen LogP contribution in [-0.4, -0.2) is 80.9 Å². The van der Waals surface area contributed by atoms with E-state index in [0.29, 0.717) is 55.3 Å². The summed E-state index contributed by atoms with van der Waals surface area (Å²) in [7, 11) is 0. The highest BCUT2D eigenvalue weighted by atomic mass is 19.3. The first-order valence-corrected chi connectivity index (χ1v) is 12.9. The molecule has 1 saturated carbocycles. The van der Waals surface area contributed by atoms with Crippen LogP contribution in [0.3, 0.4) is 0 Å². The fourth-order valence-corrected chi connectivity index (χ4v) is 5.33. The highest BCUT2D eigenvalue weighted by molar-refractivity contribution is 5.77. The van der Waals surface area contributed by atoms with E-state index in [-0.39, 0.29) is 17.8 Å². The van der Waals surface area contributed by atoms with E-state index in [4.69, 9.17) is 9.72 Å². The number of anilines is 2. The Morgan fingerprint density at radius 1 is 0.972 bits per heavy atom. The van der Waals surface area contributed by atoms with Gasteiger partial charge in [0.15, 0.2) is 5.82 Å². The second kappa shape index (κ2) is 11.0. The lowest BCUT2D eigenvalue weighted by atomic mass is 9.90. The summed E-state index contributed by atoms with van der Waals surface area (Å²) in [5, 5.41) is 3.50. The van der Waals surface area contributed by atoms with Gasteiger partial charge in [0.2, 0.25) is 17.8 Å². The van der Waals surface area contributed by atoms with Crippen LogP contribution in [0.2, 0.25) is 0 Å². The Labute approximate surface area is 209 Å². The van der Waals surface area contributed by atoms with Crippen LogP contribution in [0.25, 0.3) is 17.0 Å². The van der Waals surface area contributed by atoms with E-state index >= 15 is 0 Å². The van der Waals surface area contributed by atoms with Gasteiger partial charge in [0.25, 0.3) is 6.43 Å². The topological polar surface area (TPSA) is 84.2 Å². The Bertz CT molecular complexity index is 1150. The smallest absolute Gasteiger partial charge is 0.296 e. The number of hydrogen-bond acceptors (Lipinski definition) is 8. The van der Waals surface area contributed by atoms with Crippen molar-refractivity contribution in [3.05, 3.63) is 30.1 Å². The van der Waals surface area contributed by atoms with Gasteiger partial charge in [-0.3, -0.25) is 4.57 Å². The third-order valence-corrected chi connectivity index (χ3v) is 7.25. The van der Waals surface area contributed by atoms with Crippen LogP contribution < -0.4 is 10.2 Å². The van der Waals surface area contributed by atoms with E-state index < -0.39 is 6.43 Å². The molecule has 9 nitrogen and oxygen atoms in total. The number of aromatic nitrogens is 5. The van der Waals surface area contributed by atoms with E-state index in [2.05, 4.69) is 39.0 Å². The van der Waals surface area contributed by atoms with Gasteiger partial charge in [0.1, 0.15) is 0 Å². The lowest BCUT2D eigenvalue weighted by Crippen LogP contribution is -2.40. The third-order valence-electron chi connectivity index (χ3n) is 7.25. The molecule has 0 atom stereocenters. The summed E-state index contributed by atoms with van der Waals surface area (Å²) < 4.78 is 34.9. The standard InChI is InChI=1S/C25H34F2N8O/c1-3-33(4-2)18-11-9-17(10-12-18)28-23-30-24(34-13-15-36-16-14-34)32-25(31-23)35-20-8-6-5-7-19(20)29-22(35)21(26)27/h5-8,17-18,21H,3-4,9-16H2,1-2H3,(H,28,30,31,32)/t17-,18-. The minimum absolute atomic E-state index is 0.148. The predicted octanol–water partition coefficient (Wildman–Crippen LogP) is 4.05. The second-order valence-electron chi connectivity index (χ2n) is 9.32. The molecule has 0 amide bonds. The van der Waals surface area contributed by atoms with Gasteiger partial charge in [-0.1, -0.05) is 26.0 Å². The van der Waals surface area contributed by atoms with Crippen molar-refractivity contribution in [2.75, 3.05) is 49.6 Å². The number of ether oxygens (including phenoxy) is 1. The molecule has 0 radical (unpaired) electrons. The maximum absolute atomic E-state index is 14.0. The Hall–Kier alpha value is -2.92. The normalized spacial score (nSPS) is 21.0. The summed E-state index contributed by atoms with van der Waals surface area (Å²) in [6, 6.07) is 7.88. The fourth-order valence-electron chi connectivity index (χ4n) is 5.33. The molecule has 1 aliphatic heterocycles. The first-order chi connectivity index (χ1) is 17.6. The number of hydrogen-bond donors (Lipinski definition) is 1. The van der Waals surface area contributed by atoms with Crippen molar-refractivity contribution in [3.63, 3.8) is 0 Å². The summed E-state index contributed by atoms with van der Waals surface area (Å²) in [6.45, 7) is 8.93. The zero-order valence-electron chi connectivity index (χ0n) is 20.9. The predicted molar refractivity (Wildman–Crippen MR) is 135 cm³/mol. The molecule has 0 spiro atoms. The number of alkyl halides is 2. The minimum Gasteiger partial charge on any atom is -0.378 e. The molecule has 36 heavy (non-hydrogen) atoms. The van der Waals surface area contributed by atoms with Crippen molar-refractivity contribution in [1.29, 1.82) is 0 Å². The van der Waals surface area contributed by atoms with Crippen LogP contribution in [0.1, 0.15) is 51.8 Å². The van der Waals surface area contributed by atoms with E-state index in [1.54, 1.807) is 24.3 Å². The van der Waals surface area contributed by atoms with Gasteiger partial charge in [-0.25, -0.2) is 13.8 Å². The van der Waals surface area contributed by atoms with Crippen molar-refractivity contribution in [2.24, 2.45) is 0 Å². The van der Waals surface area contributed by atoms with Gasteiger partial charge in [-0.2, -0.15) is 15.0 Å². The molecular weight excluding hydrogens is 466 g/mol. The van der Waals surface area contributed by atoms with Crippen molar-refractivity contribution in [3.8, 4) is 5.95 Å². The van der Waals surface area contributed by atoms with Gasteiger partial charge in [0, 0.05) is 25.2 Å². The number of nitrogens with zero attached hydrogens (tertiary/aromatic N) is 7. The van der Waals surface area contributed by atoms with Crippen LogP contribution in [0.15, 0.2) is 24.3 Å². The summed E-state index contributed by atoms with van der Waals surface area (Å²) in [4.78, 5) is 22.7. The first-order valence-electron chi connectivity index (χ1n) is 12.9. The van der Waals surface area contributed by atoms with Gasteiger partial charge in [-0.15, -0.1) is 0 Å². The van der Waals surface area contributed by atoms with E-state index in [9.17, 15) is 8.78 Å². The van der Waals surface area contributed by atoms with Crippen LogP contribution >= 0.6 is 0 Å². The van der Waals surface area contributed by atoms with Crippen LogP contribution in [0, 0.1) is 0 Å². The van der Waals surface area contributed by atoms with Gasteiger partial charge < -0.3 is 19.9 Å². The summed E-state index contributed by atoms with van der Waals surface area (Å²) >= 11 is 0. The number of morpholine rings is 1. The van der Waals surface area contributed by atoms with Crippen LogP contribution in [0.5, 0.6) is 0 Å². The zero-order chi connectivity index (χ0) is 25.1. The number of imidazole rings is 1. The summed E-state index contributed by atoms with van der Waals surface area (Å²) in [5.41, 5.74) is 1.02. The average molecular weight is 501 g/mol. The van der Waals surface area contributed by atoms with Crippen molar-refractivity contribution < 1.29 is 13.5 Å². The summed E-state index contributed by atoms with van der Waals surface area (Å²) in [5.74, 6) is 0.641. The highest BCUT2D eigenvalue weighted by Gasteiger charge is 2.27. The number of nitrogens with one attached hydrogen (secondary N) is 1. The van der Waals surface area contributed by atoms with Crippen molar-refractivity contribution in [2.45, 2.75) is 58.0 Å². The molecule has 0 bridgehead atoms. The number of rotatable bonds is 8. The Balaban J connectivity index is 1.48. The number of benzene rings is 1. The molecule has 3 heterocycles. The molecule has 2 aromatic heterocycles. The monoisotopic (exact) mass is 500 g/mol. The molecule has 0 unspecified atom stereocenters. The third kappa shape index (κ3) is 5.12. The molecular formula is C25H34F2N8O. The van der Waals surface area contributed by atoms with Crippen LogP contribution in [-0.2, 0) is 4.74 Å². The molecule has 2 aliphatic rings. The van der Waals surface area contributed by atoms with Gasteiger partial charge in [0.05, 0.1) is 24.2 Å². The van der Waals surface area contributed by atoms with E-state index in [0.717, 1.165) is 38.8 Å². The molecule has 5 rings (SSSR count). The number of fused-ring (bicyclic) bond motifs is 1. The Morgan fingerprint density at radius 2 is 1.67 bits per heavy atom. The van der Waals surface area contributed by atoms with Gasteiger partial charge in [-0.05, 0) is 50.9 Å². The zero-order valence-corrected chi connectivity index (χ0v) is 20.9. The average Bonchev–Trinajstić information content (AvgIpc) is 3.31. The molecule has 2 fully saturated rings. The fraction of sp³-hybridized carbons (Fsp3) is 0.600. The van der Waals surface area contributed by atoms with Crippen molar-refractivity contribution >= 4 is 22.9 Å². The molecule has 1 aliphatic carbocycles. The molecule has 1 saturated heterocycles. The first kappa shape index (κ1) is 24.8. The Kier molecular flexibility index (Phi) is 7.56. The second-order valence-corrected chi connectivity index (χ2v) is 9.32. The molecule has 1 aromatic carbocycles. The number of halogens is 2. The summed E-state index contributed by atoms with van der Waals surface area (Å²) in [6.07, 6.45) is 1.45. The van der Waals surface area contributed by atoms with E-state index in [1.807, 2.05) is 4.90 Å². The van der Waals surface area contributed by atoms with Crippen molar-refractivity contribution in [1.82, 2.24) is 29.4 Å². The maximum Gasteiger partial charge on any atom is 0.296 e. The number of para-hydroxylation sites is 2. The highest BCUT2D eigenvalue weighted by Crippen LogP contribution is 2.29. The quantitative estimate of drug-likeness (QED) is 0.496. The minimum atomic E-state index is -2.77. The van der Waals surface area contributed by atoms with Gasteiger partial charge >= 0.3 is 0 Å². The molecule has 1 N–H and O–H groups in total. The SMILES string of the molecule is CCN(CC)[C@H]1CC[C@H](Nc2nc(N3CCOCC3)nc(-n3c(C(F)F)nc4ccccc43)n2)CC1. The molecule has 194 valence electrons. The molecule has 11 heteroatoms. The largest absolute Gasteiger partial charge is 0.378 e. The maximum atomic E-state index is 14.0. The van der Waals surface area contributed by atoms with E-state index in [1.165, 1.54) is 4.57 Å². The lowest BCUT2D eigenvalue weighted by Gasteiger charge is -2.36.